The Balaban J connectivity index is 1.86. The van der Waals surface area contributed by atoms with Crippen LogP contribution >= 0.6 is 11.6 Å². The van der Waals surface area contributed by atoms with Gasteiger partial charge in [-0.3, -0.25) is 9.71 Å². The Hall–Kier alpha value is -2.97. The van der Waals surface area contributed by atoms with Crippen molar-refractivity contribution in [3.05, 3.63) is 76.7 Å². The van der Waals surface area contributed by atoms with Crippen LogP contribution in [0.15, 0.2) is 59.6 Å². The average Bonchev–Trinajstić information content (AvgIpc) is 2.64. The van der Waals surface area contributed by atoms with Crippen molar-refractivity contribution < 1.29 is 22.7 Å². The van der Waals surface area contributed by atoms with E-state index in [1.807, 2.05) is 0 Å². The fourth-order valence-corrected chi connectivity index (χ4v) is 3.74. The standard InChI is InChI=1S/C19H14ClFN2O4S/c1-11-2-5-14(9-15(11)19(24)25)28(26,27)23-13-4-7-18(22-10-13)12-3-6-17(21)16(20)8-12/h2-10,23H,1H3,(H,24,25). The van der Waals surface area contributed by atoms with Crippen molar-refractivity contribution in [1.29, 1.82) is 0 Å². The summed E-state index contributed by atoms with van der Waals surface area (Å²) in [7, 11) is -4.00. The zero-order valence-electron chi connectivity index (χ0n) is 14.5. The van der Waals surface area contributed by atoms with Crippen LogP contribution in [0.3, 0.4) is 0 Å². The van der Waals surface area contributed by atoms with Crippen LogP contribution in [0.5, 0.6) is 0 Å². The highest BCUT2D eigenvalue weighted by Gasteiger charge is 2.18. The summed E-state index contributed by atoms with van der Waals surface area (Å²) in [6.07, 6.45) is 1.30. The largest absolute Gasteiger partial charge is 0.478 e. The molecule has 0 spiro atoms. The number of aryl methyl sites for hydroxylation is 1. The first-order chi connectivity index (χ1) is 13.2. The summed E-state index contributed by atoms with van der Waals surface area (Å²) in [5.74, 6) is -1.76. The Bertz CT molecular complexity index is 1170. The fraction of sp³-hybridized carbons (Fsp3) is 0.0526. The van der Waals surface area contributed by atoms with Gasteiger partial charge in [0.2, 0.25) is 0 Å². The van der Waals surface area contributed by atoms with Crippen molar-refractivity contribution in [2.24, 2.45) is 0 Å². The molecule has 0 aliphatic rings. The SMILES string of the molecule is Cc1ccc(S(=O)(=O)Nc2ccc(-c3ccc(F)c(Cl)c3)nc2)cc1C(=O)O. The highest BCUT2D eigenvalue weighted by atomic mass is 35.5. The topological polar surface area (TPSA) is 96.4 Å². The van der Waals surface area contributed by atoms with E-state index in [4.69, 9.17) is 16.7 Å². The molecular weight excluding hydrogens is 407 g/mol. The Morgan fingerprint density at radius 3 is 2.50 bits per heavy atom. The van der Waals surface area contributed by atoms with E-state index < -0.39 is 21.8 Å². The number of nitrogens with one attached hydrogen (secondary N) is 1. The second-order valence-corrected chi connectivity index (χ2v) is 8.04. The molecule has 0 aliphatic carbocycles. The maximum Gasteiger partial charge on any atom is 0.335 e. The van der Waals surface area contributed by atoms with Crippen LogP contribution in [-0.4, -0.2) is 24.5 Å². The van der Waals surface area contributed by atoms with Gasteiger partial charge in [0.15, 0.2) is 0 Å². The number of carbonyl (C=O) groups is 1. The number of sulfonamides is 1. The van der Waals surface area contributed by atoms with E-state index in [1.165, 1.54) is 42.6 Å². The Morgan fingerprint density at radius 2 is 1.89 bits per heavy atom. The van der Waals surface area contributed by atoms with E-state index in [0.29, 0.717) is 16.8 Å². The van der Waals surface area contributed by atoms with Crippen LogP contribution in [0.25, 0.3) is 11.3 Å². The molecule has 0 unspecified atom stereocenters. The molecule has 144 valence electrons. The minimum absolute atomic E-state index is 0.0438. The molecule has 3 aromatic rings. The number of aromatic carboxylic acids is 1. The predicted octanol–water partition coefficient (Wildman–Crippen LogP) is 4.35. The molecule has 2 N–H and O–H groups in total. The van der Waals surface area contributed by atoms with Crippen LogP contribution in [0.4, 0.5) is 10.1 Å². The van der Waals surface area contributed by atoms with Crippen LogP contribution in [0.1, 0.15) is 15.9 Å². The molecule has 1 heterocycles. The second-order valence-electron chi connectivity index (χ2n) is 5.95. The fourth-order valence-electron chi connectivity index (χ4n) is 2.49. The number of benzene rings is 2. The highest BCUT2D eigenvalue weighted by molar-refractivity contribution is 7.92. The quantitative estimate of drug-likeness (QED) is 0.639. The summed E-state index contributed by atoms with van der Waals surface area (Å²) in [5.41, 5.74) is 1.60. The molecule has 0 saturated carbocycles. The molecule has 9 heteroatoms. The minimum Gasteiger partial charge on any atom is -0.478 e. The Kier molecular flexibility index (Phi) is 5.35. The van der Waals surface area contributed by atoms with Gasteiger partial charge >= 0.3 is 5.97 Å². The molecule has 6 nitrogen and oxygen atoms in total. The van der Waals surface area contributed by atoms with Crippen LogP contribution < -0.4 is 4.72 Å². The van der Waals surface area contributed by atoms with Crippen molar-refractivity contribution in [3.8, 4) is 11.3 Å². The summed E-state index contributed by atoms with van der Waals surface area (Å²) >= 11 is 5.76. The molecule has 0 aliphatic heterocycles. The van der Waals surface area contributed by atoms with E-state index in [0.717, 1.165) is 6.07 Å². The summed E-state index contributed by atoms with van der Waals surface area (Å²) in [6, 6.07) is 11.0. The zero-order chi connectivity index (χ0) is 20.5. The molecule has 0 bridgehead atoms. The van der Waals surface area contributed by atoms with Crippen molar-refractivity contribution in [1.82, 2.24) is 4.98 Å². The third-order valence-corrected chi connectivity index (χ3v) is 5.65. The summed E-state index contributed by atoms with van der Waals surface area (Å²) in [5, 5.41) is 9.12. The molecule has 0 saturated heterocycles. The van der Waals surface area contributed by atoms with Gasteiger partial charge < -0.3 is 5.11 Å². The van der Waals surface area contributed by atoms with Gasteiger partial charge in [0.05, 0.1) is 33.1 Å². The number of aromatic nitrogens is 1. The molecule has 3 rings (SSSR count). The maximum absolute atomic E-state index is 13.3. The third-order valence-electron chi connectivity index (χ3n) is 3.98. The van der Waals surface area contributed by atoms with Gasteiger partial charge in [-0.2, -0.15) is 0 Å². The second kappa shape index (κ2) is 7.57. The number of pyridine rings is 1. The van der Waals surface area contributed by atoms with Gasteiger partial charge in [-0.1, -0.05) is 17.7 Å². The number of rotatable bonds is 5. The van der Waals surface area contributed by atoms with Gasteiger partial charge in [0, 0.05) is 5.56 Å². The highest BCUT2D eigenvalue weighted by Crippen LogP contribution is 2.25. The first-order valence-corrected chi connectivity index (χ1v) is 9.82. The maximum atomic E-state index is 13.3. The number of hydrogen-bond donors (Lipinski definition) is 2. The number of halogens is 2. The third kappa shape index (κ3) is 4.13. The number of carboxylic acid groups (broad SMARTS) is 1. The summed E-state index contributed by atoms with van der Waals surface area (Å²) < 4.78 is 40.7. The van der Waals surface area contributed by atoms with E-state index in [-0.39, 0.29) is 21.2 Å². The van der Waals surface area contributed by atoms with E-state index in [1.54, 1.807) is 13.0 Å². The number of anilines is 1. The Labute approximate surface area is 165 Å². The molecule has 0 atom stereocenters. The van der Waals surface area contributed by atoms with E-state index >= 15 is 0 Å². The van der Waals surface area contributed by atoms with Crippen LogP contribution in [0, 0.1) is 12.7 Å². The summed E-state index contributed by atoms with van der Waals surface area (Å²) in [4.78, 5) is 15.2. The zero-order valence-corrected chi connectivity index (χ0v) is 16.1. The number of hydrogen-bond acceptors (Lipinski definition) is 4. The van der Waals surface area contributed by atoms with E-state index in [2.05, 4.69) is 9.71 Å². The normalized spacial score (nSPS) is 11.2. The molecule has 0 fully saturated rings. The lowest BCUT2D eigenvalue weighted by Crippen LogP contribution is -2.14. The lowest BCUT2D eigenvalue weighted by Gasteiger charge is -2.10. The lowest BCUT2D eigenvalue weighted by molar-refractivity contribution is 0.0696. The molecular formula is C19H14ClFN2O4S. The first-order valence-electron chi connectivity index (χ1n) is 7.95. The van der Waals surface area contributed by atoms with E-state index in [9.17, 15) is 17.6 Å². The molecule has 0 radical (unpaired) electrons. The van der Waals surface area contributed by atoms with Gasteiger partial charge in [-0.15, -0.1) is 0 Å². The summed E-state index contributed by atoms with van der Waals surface area (Å²) in [6.45, 7) is 1.58. The van der Waals surface area contributed by atoms with Gasteiger partial charge in [0.25, 0.3) is 10.0 Å². The monoisotopic (exact) mass is 420 g/mol. The van der Waals surface area contributed by atoms with Gasteiger partial charge in [-0.05, 0) is 55.0 Å². The first kappa shape index (κ1) is 19.8. The van der Waals surface area contributed by atoms with Crippen molar-refractivity contribution >= 4 is 33.3 Å². The van der Waals surface area contributed by atoms with Crippen molar-refractivity contribution in [2.45, 2.75) is 11.8 Å². The van der Waals surface area contributed by atoms with Crippen molar-refractivity contribution in [2.75, 3.05) is 4.72 Å². The van der Waals surface area contributed by atoms with Gasteiger partial charge in [-0.25, -0.2) is 17.6 Å². The number of nitrogens with zero attached hydrogens (tertiary/aromatic N) is 1. The van der Waals surface area contributed by atoms with Crippen LogP contribution in [0.2, 0.25) is 5.02 Å². The molecule has 1 aromatic heterocycles. The van der Waals surface area contributed by atoms with Crippen molar-refractivity contribution in [3.63, 3.8) is 0 Å². The average molecular weight is 421 g/mol. The molecule has 2 aromatic carbocycles. The predicted molar refractivity (Wildman–Crippen MR) is 104 cm³/mol. The van der Waals surface area contributed by atoms with Crippen LogP contribution in [-0.2, 0) is 10.0 Å². The minimum atomic E-state index is -4.00. The van der Waals surface area contributed by atoms with Gasteiger partial charge in [0.1, 0.15) is 5.82 Å². The molecule has 0 amide bonds. The molecule has 28 heavy (non-hydrogen) atoms. The number of carboxylic acids is 1. The Morgan fingerprint density at radius 1 is 1.14 bits per heavy atom. The lowest BCUT2D eigenvalue weighted by atomic mass is 10.1. The smallest absolute Gasteiger partial charge is 0.335 e.